The van der Waals surface area contributed by atoms with E-state index in [1.54, 1.807) is 0 Å². The largest absolute Gasteiger partial charge is 0.388 e. The highest BCUT2D eigenvalue weighted by atomic mass is 32.2. The maximum atomic E-state index is 11.3. The van der Waals surface area contributed by atoms with Crippen molar-refractivity contribution in [2.75, 3.05) is 30.4 Å². The third-order valence-electron chi connectivity index (χ3n) is 3.71. The monoisotopic (exact) mass is 282 g/mol. The van der Waals surface area contributed by atoms with Gasteiger partial charge in [-0.3, -0.25) is 0 Å². The smallest absolute Gasteiger partial charge is 0.150 e. The van der Waals surface area contributed by atoms with Gasteiger partial charge in [-0.05, 0) is 36.9 Å². The van der Waals surface area contributed by atoms with Gasteiger partial charge in [-0.2, -0.15) is 0 Å². The molecule has 1 saturated heterocycles. The van der Waals surface area contributed by atoms with Crippen LogP contribution >= 0.6 is 0 Å². The van der Waals surface area contributed by atoms with Crippen LogP contribution in [0.15, 0.2) is 24.3 Å². The summed E-state index contributed by atoms with van der Waals surface area (Å²) < 4.78 is 22.7. The molecule has 0 amide bonds. The highest BCUT2D eigenvalue weighted by Crippen LogP contribution is 2.18. The van der Waals surface area contributed by atoms with Crippen molar-refractivity contribution < 1.29 is 8.42 Å². The van der Waals surface area contributed by atoms with E-state index in [-0.39, 0.29) is 0 Å². The summed E-state index contributed by atoms with van der Waals surface area (Å²) in [6.07, 6.45) is 1.59. The number of rotatable bonds is 5. The average molecular weight is 282 g/mol. The van der Waals surface area contributed by atoms with Gasteiger partial charge in [-0.25, -0.2) is 8.42 Å². The van der Waals surface area contributed by atoms with Crippen molar-refractivity contribution in [2.24, 2.45) is 5.92 Å². The van der Waals surface area contributed by atoms with Crippen LogP contribution in [0.4, 0.5) is 5.69 Å². The van der Waals surface area contributed by atoms with E-state index in [1.165, 1.54) is 5.56 Å². The summed E-state index contributed by atoms with van der Waals surface area (Å²) in [5.41, 5.74) is 2.38. The maximum Gasteiger partial charge on any atom is 0.150 e. The molecule has 1 aromatic carbocycles. The molecule has 0 aromatic heterocycles. The van der Waals surface area contributed by atoms with Gasteiger partial charge >= 0.3 is 0 Å². The van der Waals surface area contributed by atoms with Gasteiger partial charge in [0.2, 0.25) is 0 Å². The van der Waals surface area contributed by atoms with Gasteiger partial charge in [-0.1, -0.05) is 18.2 Å². The Morgan fingerprint density at radius 3 is 2.58 bits per heavy atom. The number of nitrogens with one attached hydrogen (secondary N) is 2. The quantitative estimate of drug-likeness (QED) is 0.862. The van der Waals surface area contributed by atoms with Crippen LogP contribution in [-0.4, -0.2) is 33.5 Å². The Morgan fingerprint density at radius 1 is 1.21 bits per heavy atom. The lowest BCUT2D eigenvalue weighted by atomic mass is 10.0. The molecule has 19 heavy (non-hydrogen) atoms. The van der Waals surface area contributed by atoms with E-state index in [0.29, 0.717) is 17.4 Å². The third-order valence-corrected chi connectivity index (χ3v) is 5.42. The summed E-state index contributed by atoms with van der Waals surface area (Å²) >= 11 is 0. The summed E-state index contributed by atoms with van der Waals surface area (Å²) in [6.45, 7) is 1.72. The van der Waals surface area contributed by atoms with Crippen LogP contribution in [0.25, 0.3) is 0 Å². The first kappa shape index (κ1) is 14.3. The highest BCUT2D eigenvalue weighted by Gasteiger charge is 2.23. The molecule has 0 radical (unpaired) electrons. The summed E-state index contributed by atoms with van der Waals surface area (Å²) in [5.74, 6) is 1.20. The molecule has 0 bridgehead atoms. The summed E-state index contributed by atoms with van der Waals surface area (Å²) in [6, 6.07) is 8.21. The van der Waals surface area contributed by atoms with Gasteiger partial charge in [0.25, 0.3) is 0 Å². The lowest BCUT2D eigenvalue weighted by Gasteiger charge is -2.22. The standard InChI is InChI=1S/C14H22N2O2S/c1-15-14-5-3-2-4-13(14)11-16-10-12-6-8-19(17,18)9-7-12/h2-5,12,15-16H,6-11H2,1H3. The number of para-hydroxylation sites is 1. The first-order valence-electron chi connectivity index (χ1n) is 6.77. The first-order chi connectivity index (χ1) is 9.11. The zero-order valence-corrected chi connectivity index (χ0v) is 12.2. The second kappa shape index (κ2) is 6.39. The Balaban J connectivity index is 1.78. The van der Waals surface area contributed by atoms with E-state index in [2.05, 4.69) is 22.8 Å². The Labute approximate surface area is 115 Å². The second-order valence-corrected chi connectivity index (χ2v) is 7.44. The van der Waals surface area contributed by atoms with Crippen LogP contribution in [0.1, 0.15) is 18.4 Å². The molecule has 4 nitrogen and oxygen atoms in total. The van der Waals surface area contributed by atoms with E-state index >= 15 is 0 Å². The van der Waals surface area contributed by atoms with Crippen LogP contribution in [0.2, 0.25) is 0 Å². The zero-order chi connectivity index (χ0) is 13.7. The minimum atomic E-state index is -2.74. The molecular formula is C14H22N2O2S. The molecule has 1 aromatic rings. The molecule has 0 spiro atoms. The molecule has 5 heteroatoms. The van der Waals surface area contributed by atoms with Crippen molar-refractivity contribution in [1.29, 1.82) is 0 Å². The number of hydrogen-bond donors (Lipinski definition) is 2. The van der Waals surface area contributed by atoms with Crippen molar-refractivity contribution in [3.8, 4) is 0 Å². The average Bonchev–Trinajstić information content (AvgIpc) is 2.41. The van der Waals surface area contributed by atoms with E-state index in [1.807, 2.05) is 19.2 Å². The topological polar surface area (TPSA) is 58.2 Å². The van der Waals surface area contributed by atoms with Crippen molar-refractivity contribution in [1.82, 2.24) is 5.32 Å². The number of sulfone groups is 1. The van der Waals surface area contributed by atoms with Gasteiger partial charge in [0.05, 0.1) is 11.5 Å². The predicted molar refractivity (Wildman–Crippen MR) is 79.1 cm³/mol. The molecule has 1 fully saturated rings. The molecular weight excluding hydrogens is 260 g/mol. The van der Waals surface area contributed by atoms with E-state index < -0.39 is 9.84 Å². The minimum Gasteiger partial charge on any atom is -0.388 e. The Hall–Kier alpha value is -1.07. The SMILES string of the molecule is CNc1ccccc1CNCC1CCS(=O)(=O)CC1. The molecule has 0 unspecified atom stereocenters. The highest BCUT2D eigenvalue weighted by molar-refractivity contribution is 7.91. The van der Waals surface area contributed by atoms with Crippen LogP contribution in [0.5, 0.6) is 0 Å². The Morgan fingerprint density at radius 2 is 1.89 bits per heavy atom. The van der Waals surface area contributed by atoms with Crippen molar-refractivity contribution in [2.45, 2.75) is 19.4 Å². The molecule has 1 aliphatic heterocycles. The molecule has 2 rings (SSSR count). The van der Waals surface area contributed by atoms with Gasteiger partial charge in [0, 0.05) is 19.3 Å². The summed E-state index contributed by atoms with van der Waals surface area (Å²) in [5, 5.41) is 6.61. The van der Waals surface area contributed by atoms with Crippen LogP contribution in [0.3, 0.4) is 0 Å². The molecule has 2 N–H and O–H groups in total. The number of benzene rings is 1. The molecule has 1 aliphatic rings. The molecule has 0 aliphatic carbocycles. The molecule has 0 saturated carbocycles. The first-order valence-corrected chi connectivity index (χ1v) is 8.59. The van der Waals surface area contributed by atoms with E-state index in [4.69, 9.17) is 0 Å². The number of hydrogen-bond acceptors (Lipinski definition) is 4. The maximum absolute atomic E-state index is 11.3. The van der Waals surface area contributed by atoms with Gasteiger partial charge < -0.3 is 10.6 Å². The second-order valence-electron chi connectivity index (χ2n) is 5.13. The normalized spacial score (nSPS) is 19.2. The molecule has 0 atom stereocenters. The van der Waals surface area contributed by atoms with Crippen molar-refractivity contribution in [3.63, 3.8) is 0 Å². The fourth-order valence-electron chi connectivity index (χ4n) is 2.47. The van der Waals surface area contributed by atoms with Crippen molar-refractivity contribution in [3.05, 3.63) is 29.8 Å². The summed E-state index contributed by atoms with van der Waals surface area (Å²) in [4.78, 5) is 0. The minimum absolute atomic E-state index is 0.354. The predicted octanol–water partition coefficient (Wildman–Crippen LogP) is 1.64. The number of anilines is 1. The van der Waals surface area contributed by atoms with Crippen LogP contribution in [0, 0.1) is 5.92 Å². The third kappa shape index (κ3) is 4.21. The lowest BCUT2D eigenvalue weighted by Crippen LogP contribution is -2.30. The Bertz CT molecular complexity index is 500. The fraction of sp³-hybridized carbons (Fsp3) is 0.571. The van der Waals surface area contributed by atoms with E-state index in [9.17, 15) is 8.42 Å². The van der Waals surface area contributed by atoms with Gasteiger partial charge in [0.15, 0.2) is 0 Å². The Kier molecular flexibility index (Phi) is 4.82. The fourth-order valence-corrected chi connectivity index (χ4v) is 4.06. The molecule has 106 valence electrons. The van der Waals surface area contributed by atoms with Crippen LogP contribution in [-0.2, 0) is 16.4 Å². The molecule has 1 heterocycles. The van der Waals surface area contributed by atoms with Crippen molar-refractivity contribution >= 4 is 15.5 Å². The van der Waals surface area contributed by atoms with Crippen LogP contribution < -0.4 is 10.6 Å². The van der Waals surface area contributed by atoms with Gasteiger partial charge in [0.1, 0.15) is 9.84 Å². The lowest BCUT2D eigenvalue weighted by molar-refractivity contribution is 0.432. The van der Waals surface area contributed by atoms with E-state index in [0.717, 1.165) is 31.6 Å². The van der Waals surface area contributed by atoms with Gasteiger partial charge in [-0.15, -0.1) is 0 Å². The zero-order valence-electron chi connectivity index (χ0n) is 11.4. The summed E-state index contributed by atoms with van der Waals surface area (Å²) in [7, 11) is -0.820.